The number of sulfonamides is 1. The minimum Gasteiger partial charge on any atom is -0.268 e. The van der Waals surface area contributed by atoms with Crippen molar-refractivity contribution >= 4 is 36.9 Å². The Morgan fingerprint density at radius 1 is 0.838 bits per heavy atom. The van der Waals surface area contributed by atoms with E-state index in [-0.39, 0.29) is 22.9 Å². The van der Waals surface area contributed by atoms with Crippen LogP contribution in [0.15, 0.2) is 117 Å². The summed E-state index contributed by atoms with van der Waals surface area (Å²) in [4.78, 5) is 18.4. The summed E-state index contributed by atoms with van der Waals surface area (Å²) in [5, 5.41) is 0.500. The molecule has 0 amide bonds. The third-order valence-electron chi connectivity index (χ3n) is 6.18. The smallest absolute Gasteiger partial charge is 0.265 e. The predicted octanol–water partition coefficient (Wildman–Crippen LogP) is 5.90. The third-order valence-corrected chi connectivity index (χ3v) is 8.15. The molecule has 5 rings (SSSR count). The van der Waals surface area contributed by atoms with Crippen molar-refractivity contribution in [2.75, 3.05) is 6.54 Å². The van der Waals surface area contributed by atoms with Crippen LogP contribution in [0.5, 0.6) is 0 Å². The molecule has 1 aromatic heterocycles. The normalized spacial score (nSPS) is 12.5. The Balaban J connectivity index is 1.44. The zero-order valence-corrected chi connectivity index (χ0v) is 22.4. The van der Waals surface area contributed by atoms with Crippen molar-refractivity contribution in [1.82, 2.24) is 14.3 Å². The second-order valence-electron chi connectivity index (χ2n) is 8.75. The molecule has 5 aromatic rings. The molecule has 186 valence electrons. The van der Waals surface area contributed by atoms with Crippen LogP contribution in [0, 0.1) is 0 Å². The highest BCUT2D eigenvalue weighted by Crippen LogP contribution is 2.23. The maximum atomic E-state index is 13.5. The molecule has 1 heterocycles. The van der Waals surface area contributed by atoms with E-state index in [1.54, 1.807) is 47.0 Å². The van der Waals surface area contributed by atoms with E-state index in [4.69, 9.17) is 4.98 Å². The second-order valence-corrected chi connectivity index (χ2v) is 11.4. The standard InChI is InChI=1S/C29H24BrN3O3S/c1-20(19-31-37(35,36)25-17-11-22(12-18-25)21-7-3-2-4-8-21)28-32-27-10-6-5-9-26(27)29(34)33(28)24-15-13-23(30)14-16-24/h2-18,20,31H,19H2,1H3. The first kappa shape index (κ1) is 25.1. The topological polar surface area (TPSA) is 81.1 Å². The summed E-state index contributed by atoms with van der Waals surface area (Å²) in [7, 11) is -3.77. The molecule has 1 N–H and O–H groups in total. The zero-order chi connectivity index (χ0) is 26.0. The van der Waals surface area contributed by atoms with Gasteiger partial charge in [-0.15, -0.1) is 0 Å². The summed E-state index contributed by atoms with van der Waals surface area (Å²) in [5.41, 5.74) is 2.98. The average Bonchev–Trinajstić information content (AvgIpc) is 2.93. The van der Waals surface area contributed by atoms with Gasteiger partial charge in [0.05, 0.1) is 21.5 Å². The lowest BCUT2D eigenvalue weighted by Gasteiger charge is -2.19. The molecule has 0 spiro atoms. The van der Waals surface area contributed by atoms with Crippen LogP contribution in [-0.2, 0) is 10.0 Å². The van der Waals surface area contributed by atoms with Gasteiger partial charge in [0.2, 0.25) is 10.0 Å². The molecule has 0 aliphatic heterocycles. The van der Waals surface area contributed by atoms with Gasteiger partial charge in [-0.3, -0.25) is 9.36 Å². The molecule has 0 fully saturated rings. The van der Waals surface area contributed by atoms with Gasteiger partial charge in [-0.05, 0) is 59.7 Å². The van der Waals surface area contributed by atoms with E-state index in [2.05, 4.69) is 20.7 Å². The summed E-state index contributed by atoms with van der Waals surface area (Å²) in [5.74, 6) is 0.0902. The van der Waals surface area contributed by atoms with E-state index >= 15 is 0 Å². The molecule has 0 radical (unpaired) electrons. The van der Waals surface area contributed by atoms with Crippen LogP contribution in [0.1, 0.15) is 18.7 Å². The fourth-order valence-electron chi connectivity index (χ4n) is 4.19. The molecule has 6 nitrogen and oxygen atoms in total. The number of hydrogen-bond donors (Lipinski definition) is 1. The van der Waals surface area contributed by atoms with Crippen LogP contribution < -0.4 is 10.3 Å². The van der Waals surface area contributed by atoms with Gasteiger partial charge in [0.1, 0.15) is 5.82 Å². The lowest BCUT2D eigenvalue weighted by atomic mass is 10.1. The number of fused-ring (bicyclic) bond motifs is 1. The molecule has 0 saturated carbocycles. The molecule has 0 aliphatic carbocycles. The molecule has 8 heteroatoms. The van der Waals surface area contributed by atoms with Gasteiger partial charge in [0.15, 0.2) is 0 Å². The molecule has 37 heavy (non-hydrogen) atoms. The van der Waals surface area contributed by atoms with Gasteiger partial charge in [0, 0.05) is 16.9 Å². The van der Waals surface area contributed by atoms with Gasteiger partial charge < -0.3 is 0 Å². The Labute approximate surface area is 223 Å². The minimum atomic E-state index is -3.77. The van der Waals surface area contributed by atoms with Crippen molar-refractivity contribution in [2.45, 2.75) is 17.7 Å². The Bertz CT molecular complexity index is 1720. The average molecular weight is 575 g/mol. The number of aromatic nitrogens is 2. The first-order chi connectivity index (χ1) is 17.8. The Kier molecular flexibility index (Phi) is 7.06. The van der Waals surface area contributed by atoms with Crippen molar-refractivity contribution in [3.05, 3.63) is 124 Å². The van der Waals surface area contributed by atoms with E-state index in [0.717, 1.165) is 15.6 Å². The van der Waals surface area contributed by atoms with Crippen molar-refractivity contribution in [2.24, 2.45) is 0 Å². The van der Waals surface area contributed by atoms with Crippen LogP contribution in [0.25, 0.3) is 27.7 Å². The van der Waals surface area contributed by atoms with Crippen molar-refractivity contribution < 1.29 is 8.42 Å². The Morgan fingerprint density at radius 3 is 2.16 bits per heavy atom. The van der Waals surface area contributed by atoms with Gasteiger partial charge in [-0.2, -0.15) is 0 Å². The van der Waals surface area contributed by atoms with Gasteiger partial charge in [-0.25, -0.2) is 18.1 Å². The molecule has 0 aliphatic rings. The van der Waals surface area contributed by atoms with E-state index in [0.29, 0.717) is 22.4 Å². The lowest BCUT2D eigenvalue weighted by Crippen LogP contribution is -2.32. The number of hydrogen-bond acceptors (Lipinski definition) is 4. The Hall–Kier alpha value is -3.59. The number of nitrogens with one attached hydrogen (secondary N) is 1. The number of rotatable bonds is 7. The summed E-state index contributed by atoms with van der Waals surface area (Å²) in [6, 6.07) is 31.1. The van der Waals surface area contributed by atoms with E-state index in [9.17, 15) is 13.2 Å². The molecular formula is C29H24BrN3O3S. The minimum absolute atomic E-state index is 0.0735. The van der Waals surface area contributed by atoms with Gasteiger partial charge in [0.25, 0.3) is 5.56 Å². The quantitative estimate of drug-likeness (QED) is 0.263. The van der Waals surface area contributed by atoms with Gasteiger partial charge >= 0.3 is 0 Å². The fourth-order valence-corrected chi connectivity index (χ4v) is 5.58. The summed E-state index contributed by atoms with van der Waals surface area (Å²) >= 11 is 3.43. The summed E-state index contributed by atoms with van der Waals surface area (Å²) in [6.45, 7) is 1.93. The highest BCUT2D eigenvalue weighted by Gasteiger charge is 2.21. The highest BCUT2D eigenvalue weighted by molar-refractivity contribution is 9.10. The first-order valence-electron chi connectivity index (χ1n) is 11.8. The molecule has 1 atom stereocenters. The van der Waals surface area contributed by atoms with Crippen molar-refractivity contribution in [3.8, 4) is 16.8 Å². The second kappa shape index (κ2) is 10.4. The zero-order valence-electron chi connectivity index (χ0n) is 20.0. The van der Waals surface area contributed by atoms with Crippen LogP contribution >= 0.6 is 15.9 Å². The highest BCUT2D eigenvalue weighted by atomic mass is 79.9. The number of nitrogens with zero attached hydrogens (tertiary/aromatic N) is 2. The molecule has 1 unspecified atom stereocenters. The number of halogens is 1. The lowest BCUT2D eigenvalue weighted by molar-refractivity contribution is 0.569. The molecule has 4 aromatic carbocycles. The van der Waals surface area contributed by atoms with Crippen LogP contribution in [0.2, 0.25) is 0 Å². The SMILES string of the molecule is CC(CNS(=O)(=O)c1ccc(-c2ccccc2)cc1)c1nc2ccccc2c(=O)n1-c1ccc(Br)cc1. The molecule has 0 bridgehead atoms. The van der Waals surface area contributed by atoms with Gasteiger partial charge in [-0.1, -0.05) is 77.5 Å². The largest absolute Gasteiger partial charge is 0.268 e. The maximum Gasteiger partial charge on any atom is 0.265 e. The van der Waals surface area contributed by atoms with Crippen molar-refractivity contribution in [3.63, 3.8) is 0 Å². The van der Waals surface area contributed by atoms with E-state index < -0.39 is 10.0 Å². The van der Waals surface area contributed by atoms with Crippen LogP contribution in [-0.4, -0.2) is 24.5 Å². The molecule has 0 saturated heterocycles. The number of para-hydroxylation sites is 1. The first-order valence-corrected chi connectivity index (χ1v) is 14.0. The van der Waals surface area contributed by atoms with E-state index in [1.807, 2.05) is 67.6 Å². The van der Waals surface area contributed by atoms with Crippen molar-refractivity contribution in [1.29, 1.82) is 0 Å². The monoisotopic (exact) mass is 573 g/mol. The maximum absolute atomic E-state index is 13.5. The predicted molar refractivity (Wildman–Crippen MR) is 151 cm³/mol. The summed E-state index contributed by atoms with van der Waals surface area (Å²) in [6.07, 6.45) is 0. The third kappa shape index (κ3) is 5.27. The number of benzene rings is 4. The van der Waals surface area contributed by atoms with Crippen LogP contribution in [0.3, 0.4) is 0 Å². The fraction of sp³-hybridized carbons (Fsp3) is 0.103. The van der Waals surface area contributed by atoms with Crippen LogP contribution in [0.4, 0.5) is 0 Å². The Morgan fingerprint density at radius 2 is 1.46 bits per heavy atom. The summed E-state index contributed by atoms with van der Waals surface area (Å²) < 4.78 is 31.3. The van der Waals surface area contributed by atoms with E-state index in [1.165, 1.54) is 0 Å². The molecular weight excluding hydrogens is 550 g/mol.